The summed E-state index contributed by atoms with van der Waals surface area (Å²) in [5, 5.41) is 11.1. The number of hydrogen-bond donors (Lipinski definition) is 2. The van der Waals surface area contributed by atoms with Crippen LogP contribution in [-0.4, -0.2) is 27.5 Å². The fourth-order valence-corrected chi connectivity index (χ4v) is 3.22. The molecule has 6 nitrogen and oxygen atoms in total. The van der Waals surface area contributed by atoms with Crippen LogP contribution in [0.1, 0.15) is 34.2 Å². The minimum Gasteiger partial charge on any atom is -0.462 e. The molecular formula is C22H23FN4O2S. The molecule has 0 spiro atoms. The number of hydrogen-bond acceptors (Lipinski definition) is 4. The van der Waals surface area contributed by atoms with Gasteiger partial charge in [0.2, 0.25) is 0 Å². The first-order valence-corrected chi connectivity index (χ1v) is 9.92. The highest BCUT2D eigenvalue weighted by Crippen LogP contribution is 2.22. The number of carbonyl (C=O) groups is 1. The summed E-state index contributed by atoms with van der Waals surface area (Å²) in [5.41, 5.74) is 4.14. The van der Waals surface area contributed by atoms with E-state index in [1.807, 2.05) is 13.8 Å². The Balaban J connectivity index is 1.67. The van der Waals surface area contributed by atoms with Crippen LogP contribution in [0.15, 0.2) is 48.5 Å². The van der Waals surface area contributed by atoms with Crippen LogP contribution in [0.5, 0.6) is 0 Å². The van der Waals surface area contributed by atoms with E-state index in [1.165, 1.54) is 6.07 Å². The molecule has 0 fully saturated rings. The van der Waals surface area contributed by atoms with Crippen molar-refractivity contribution in [1.82, 2.24) is 9.78 Å². The minimum absolute atomic E-state index is 0.261. The third kappa shape index (κ3) is 5.01. The summed E-state index contributed by atoms with van der Waals surface area (Å²) in [6.07, 6.45) is 0. The van der Waals surface area contributed by atoms with Gasteiger partial charge in [-0.1, -0.05) is 18.2 Å². The number of thiocarbonyl (C=S) groups is 1. The Morgan fingerprint density at radius 1 is 1.13 bits per heavy atom. The van der Waals surface area contributed by atoms with E-state index in [-0.39, 0.29) is 11.8 Å². The normalized spacial score (nSPS) is 10.5. The van der Waals surface area contributed by atoms with Gasteiger partial charge in [0.15, 0.2) is 5.11 Å². The molecule has 3 aromatic rings. The van der Waals surface area contributed by atoms with E-state index in [0.29, 0.717) is 29.4 Å². The molecule has 1 aromatic heterocycles. The van der Waals surface area contributed by atoms with Crippen LogP contribution in [0.3, 0.4) is 0 Å². The first kappa shape index (κ1) is 21.4. The number of aryl methyl sites for hydroxylation is 1. The van der Waals surface area contributed by atoms with E-state index in [1.54, 1.807) is 54.1 Å². The number of benzene rings is 2. The number of anilines is 2. The molecular weight excluding hydrogens is 403 g/mol. The zero-order chi connectivity index (χ0) is 21.7. The van der Waals surface area contributed by atoms with Crippen LogP contribution in [0, 0.1) is 19.7 Å². The first-order valence-electron chi connectivity index (χ1n) is 9.51. The van der Waals surface area contributed by atoms with Crippen molar-refractivity contribution in [3.63, 3.8) is 0 Å². The quantitative estimate of drug-likeness (QED) is 0.441. The van der Waals surface area contributed by atoms with Gasteiger partial charge >= 0.3 is 5.97 Å². The Labute approximate surface area is 180 Å². The molecule has 0 aliphatic rings. The van der Waals surface area contributed by atoms with Gasteiger partial charge < -0.3 is 15.4 Å². The predicted molar refractivity (Wildman–Crippen MR) is 119 cm³/mol. The van der Waals surface area contributed by atoms with Crippen molar-refractivity contribution in [3.05, 3.63) is 76.9 Å². The lowest BCUT2D eigenvalue weighted by Crippen LogP contribution is -2.20. The summed E-state index contributed by atoms with van der Waals surface area (Å²) < 4.78 is 20.7. The second-order valence-electron chi connectivity index (χ2n) is 6.67. The van der Waals surface area contributed by atoms with Crippen molar-refractivity contribution in [3.8, 4) is 0 Å². The molecule has 8 heteroatoms. The number of nitrogens with zero attached hydrogens (tertiary/aromatic N) is 2. The van der Waals surface area contributed by atoms with E-state index in [2.05, 4.69) is 15.7 Å². The Hall–Kier alpha value is -3.26. The molecule has 0 bridgehead atoms. The van der Waals surface area contributed by atoms with E-state index >= 15 is 0 Å². The van der Waals surface area contributed by atoms with Crippen LogP contribution in [-0.2, 0) is 11.3 Å². The second-order valence-corrected chi connectivity index (χ2v) is 7.08. The third-order valence-electron chi connectivity index (χ3n) is 4.55. The summed E-state index contributed by atoms with van der Waals surface area (Å²) in [6, 6.07) is 13.5. The maximum atomic E-state index is 14.0. The van der Waals surface area contributed by atoms with Gasteiger partial charge in [-0.15, -0.1) is 0 Å². The lowest BCUT2D eigenvalue weighted by molar-refractivity contribution is 0.0526. The van der Waals surface area contributed by atoms with Crippen molar-refractivity contribution in [1.29, 1.82) is 0 Å². The lowest BCUT2D eigenvalue weighted by atomic mass is 10.2. The molecule has 0 saturated heterocycles. The average molecular weight is 427 g/mol. The van der Waals surface area contributed by atoms with Crippen LogP contribution in [0.4, 0.5) is 15.8 Å². The number of carbonyl (C=O) groups excluding carboxylic acids is 1. The van der Waals surface area contributed by atoms with Crippen molar-refractivity contribution < 1.29 is 13.9 Å². The SMILES string of the molecule is CCOC(=O)c1ccc(NC(=S)Nc2c(C)nn(Cc3ccccc3F)c2C)cc1. The van der Waals surface area contributed by atoms with E-state index < -0.39 is 0 Å². The summed E-state index contributed by atoms with van der Waals surface area (Å²) in [6.45, 7) is 6.19. The van der Waals surface area contributed by atoms with Crippen molar-refractivity contribution in [2.75, 3.05) is 17.2 Å². The number of nitrogens with one attached hydrogen (secondary N) is 2. The highest BCUT2D eigenvalue weighted by Gasteiger charge is 2.14. The molecule has 2 aromatic carbocycles. The monoisotopic (exact) mass is 426 g/mol. The number of ether oxygens (including phenoxy) is 1. The van der Waals surface area contributed by atoms with E-state index in [0.717, 1.165) is 22.8 Å². The molecule has 0 atom stereocenters. The van der Waals surface area contributed by atoms with Crippen molar-refractivity contribution in [2.24, 2.45) is 0 Å². The molecule has 30 heavy (non-hydrogen) atoms. The molecule has 0 aliphatic heterocycles. The molecule has 1 heterocycles. The molecule has 0 aliphatic carbocycles. The van der Waals surface area contributed by atoms with Crippen molar-refractivity contribution >= 4 is 34.7 Å². The Bertz CT molecular complexity index is 1060. The fraction of sp³-hybridized carbons (Fsp3) is 0.227. The lowest BCUT2D eigenvalue weighted by Gasteiger charge is -2.12. The summed E-state index contributed by atoms with van der Waals surface area (Å²) in [4.78, 5) is 11.7. The average Bonchev–Trinajstić information content (AvgIpc) is 2.98. The summed E-state index contributed by atoms with van der Waals surface area (Å²) >= 11 is 5.41. The number of esters is 1. The van der Waals surface area contributed by atoms with Crippen LogP contribution in [0.25, 0.3) is 0 Å². The smallest absolute Gasteiger partial charge is 0.338 e. The Kier molecular flexibility index (Phi) is 6.79. The molecule has 156 valence electrons. The van der Waals surface area contributed by atoms with E-state index in [4.69, 9.17) is 17.0 Å². The molecule has 0 radical (unpaired) electrons. The topological polar surface area (TPSA) is 68.2 Å². The standard InChI is InChI=1S/C22H23FN4O2S/c1-4-29-21(28)16-9-11-18(12-10-16)24-22(30)25-20-14(2)26-27(15(20)3)13-17-7-5-6-8-19(17)23/h5-12H,4,13H2,1-3H3,(H2,24,25,30). The van der Waals surface area contributed by atoms with Gasteiger partial charge in [-0.05, 0) is 63.3 Å². The largest absolute Gasteiger partial charge is 0.462 e. The van der Waals surface area contributed by atoms with Gasteiger partial charge in [-0.3, -0.25) is 4.68 Å². The van der Waals surface area contributed by atoms with E-state index in [9.17, 15) is 9.18 Å². The highest BCUT2D eigenvalue weighted by molar-refractivity contribution is 7.80. The van der Waals surface area contributed by atoms with Crippen LogP contribution < -0.4 is 10.6 Å². The fourth-order valence-electron chi connectivity index (χ4n) is 3.00. The molecule has 0 amide bonds. The molecule has 3 rings (SSSR count). The van der Waals surface area contributed by atoms with Gasteiger partial charge in [-0.2, -0.15) is 5.10 Å². The van der Waals surface area contributed by atoms with Gasteiger partial charge in [0, 0.05) is 11.3 Å². The zero-order valence-corrected chi connectivity index (χ0v) is 17.8. The van der Waals surface area contributed by atoms with Gasteiger partial charge in [0.1, 0.15) is 5.82 Å². The summed E-state index contributed by atoms with van der Waals surface area (Å²) in [7, 11) is 0. The van der Waals surface area contributed by atoms with Gasteiger partial charge in [0.25, 0.3) is 0 Å². The zero-order valence-electron chi connectivity index (χ0n) is 17.0. The second kappa shape index (κ2) is 9.49. The van der Waals surface area contributed by atoms with Gasteiger partial charge in [-0.25, -0.2) is 9.18 Å². The van der Waals surface area contributed by atoms with Gasteiger partial charge in [0.05, 0.1) is 35.8 Å². The molecule has 0 unspecified atom stereocenters. The van der Waals surface area contributed by atoms with Crippen molar-refractivity contribution in [2.45, 2.75) is 27.3 Å². The number of halogens is 1. The van der Waals surface area contributed by atoms with Crippen LogP contribution in [0.2, 0.25) is 0 Å². The maximum Gasteiger partial charge on any atom is 0.338 e. The third-order valence-corrected chi connectivity index (χ3v) is 4.76. The highest BCUT2D eigenvalue weighted by atomic mass is 32.1. The summed E-state index contributed by atoms with van der Waals surface area (Å²) in [5.74, 6) is -0.624. The molecule has 0 saturated carbocycles. The number of rotatable bonds is 6. The first-order chi connectivity index (χ1) is 14.4. The molecule has 2 N–H and O–H groups in total. The Morgan fingerprint density at radius 2 is 1.83 bits per heavy atom. The number of aromatic nitrogens is 2. The minimum atomic E-state index is -0.363. The van der Waals surface area contributed by atoms with Crippen LogP contribution >= 0.6 is 12.2 Å². The predicted octanol–water partition coefficient (Wildman–Crippen LogP) is 4.67. The Morgan fingerprint density at radius 3 is 2.50 bits per heavy atom. The maximum absolute atomic E-state index is 14.0.